The molecule has 1 fully saturated rings. The van der Waals surface area contributed by atoms with Crippen molar-refractivity contribution in [2.24, 2.45) is 11.8 Å². The summed E-state index contributed by atoms with van der Waals surface area (Å²) in [5.41, 5.74) is 2.87. The van der Waals surface area contributed by atoms with Crippen LogP contribution in [0.2, 0.25) is 0 Å². The molecule has 0 radical (unpaired) electrons. The van der Waals surface area contributed by atoms with Crippen molar-refractivity contribution in [3.63, 3.8) is 0 Å². The number of nitrogens with zero attached hydrogens (tertiary/aromatic N) is 1. The van der Waals surface area contributed by atoms with Crippen molar-refractivity contribution in [3.05, 3.63) is 54.1 Å². The van der Waals surface area contributed by atoms with E-state index in [2.05, 4.69) is 11.4 Å². The summed E-state index contributed by atoms with van der Waals surface area (Å²) in [6.45, 7) is 3.17. The third-order valence-electron chi connectivity index (χ3n) is 5.27. The van der Waals surface area contributed by atoms with Crippen LogP contribution in [0.4, 0.5) is 11.4 Å². The number of benzene rings is 2. The first-order valence-corrected chi connectivity index (χ1v) is 9.61. The molecular weight excluding hydrogens is 340 g/mol. The van der Waals surface area contributed by atoms with Gasteiger partial charge in [-0.1, -0.05) is 30.3 Å². The second kappa shape index (κ2) is 7.43. The molecule has 1 N–H and O–H groups in total. The van der Waals surface area contributed by atoms with Crippen LogP contribution < -0.4 is 15.0 Å². The molecule has 27 heavy (non-hydrogen) atoms. The number of amides is 2. The van der Waals surface area contributed by atoms with Gasteiger partial charge in [0.05, 0.1) is 24.1 Å². The Kier molecular flexibility index (Phi) is 4.84. The van der Waals surface area contributed by atoms with Gasteiger partial charge in [0, 0.05) is 12.2 Å². The Morgan fingerprint density at radius 1 is 1.11 bits per heavy atom. The van der Waals surface area contributed by atoms with Crippen LogP contribution in [0, 0.1) is 11.8 Å². The van der Waals surface area contributed by atoms with Crippen LogP contribution in [0.15, 0.2) is 48.5 Å². The maximum atomic E-state index is 13.0. The second-order valence-corrected chi connectivity index (χ2v) is 7.09. The molecule has 0 saturated heterocycles. The van der Waals surface area contributed by atoms with Gasteiger partial charge in [-0.25, -0.2) is 0 Å². The van der Waals surface area contributed by atoms with E-state index in [0.717, 1.165) is 25.1 Å². The number of anilines is 2. The molecule has 5 heteroatoms. The van der Waals surface area contributed by atoms with Crippen LogP contribution in [-0.4, -0.2) is 25.0 Å². The summed E-state index contributed by atoms with van der Waals surface area (Å²) in [7, 11) is 0. The first-order chi connectivity index (χ1) is 13.2. The van der Waals surface area contributed by atoms with Gasteiger partial charge in [0.1, 0.15) is 5.75 Å². The Balaban J connectivity index is 1.43. The summed E-state index contributed by atoms with van der Waals surface area (Å²) >= 11 is 0. The molecule has 2 aromatic rings. The van der Waals surface area contributed by atoms with Crippen molar-refractivity contribution < 1.29 is 14.3 Å². The molecule has 2 unspecified atom stereocenters. The van der Waals surface area contributed by atoms with E-state index in [1.807, 2.05) is 54.3 Å². The zero-order valence-electron chi connectivity index (χ0n) is 15.5. The first-order valence-electron chi connectivity index (χ1n) is 9.61. The van der Waals surface area contributed by atoms with Gasteiger partial charge in [0.25, 0.3) is 0 Å². The molecule has 0 spiro atoms. The summed E-state index contributed by atoms with van der Waals surface area (Å²) in [5, 5.41) is 2.93. The number of hydrogen-bond donors (Lipinski definition) is 1. The number of para-hydroxylation sites is 3. The van der Waals surface area contributed by atoms with Crippen molar-refractivity contribution in [2.45, 2.75) is 26.2 Å². The molecule has 1 aliphatic heterocycles. The van der Waals surface area contributed by atoms with Crippen molar-refractivity contribution in [1.82, 2.24) is 0 Å². The molecule has 2 aliphatic rings. The number of rotatable bonds is 5. The Bertz CT molecular complexity index is 864. The predicted molar refractivity (Wildman–Crippen MR) is 105 cm³/mol. The van der Waals surface area contributed by atoms with E-state index in [0.29, 0.717) is 24.5 Å². The van der Waals surface area contributed by atoms with Crippen LogP contribution in [0.5, 0.6) is 5.75 Å². The van der Waals surface area contributed by atoms with E-state index in [-0.39, 0.29) is 23.7 Å². The Labute approximate surface area is 159 Å². The molecule has 4 rings (SSSR count). The van der Waals surface area contributed by atoms with E-state index in [9.17, 15) is 9.59 Å². The average Bonchev–Trinajstić information content (AvgIpc) is 3.50. The lowest BCUT2D eigenvalue weighted by molar-refractivity contribution is -0.123. The molecule has 5 nitrogen and oxygen atoms in total. The normalized spacial score (nSPS) is 20.6. The Hall–Kier alpha value is -2.82. The van der Waals surface area contributed by atoms with Gasteiger partial charge in [-0.05, 0) is 49.9 Å². The van der Waals surface area contributed by atoms with Crippen LogP contribution in [0.1, 0.15) is 25.3 Å². The molecule has 0 bridgehead atoms. The van der Waals surface area contributed by atoms with Crippen LogP contribution >= 0.6 is 0 Å². The van der Waals surface area contributed by atoms with Gasteiger partial charge in [0.2, 0.25) is 11.8 Å². The molecule has 1 aliphatic carbocycles. The number of aryl methyl sites for hydroxylation is 1. The highest BCUT2D eigenvalue weighted by atomic mass is 16.5. The highest BCUT2D eigenvalue weighted by Crippen LogP contribution is 2.43. The summed E-state index contributed by atoms with van der Waals surface area (Å²) in [5.74, 6) is 0.129. The second-order valence-electron chi connectivity index (χ2n) is 7.09. The van der Waals surface area contributed by atoms with Gasteiger partial charge >= 0.3 is 0 Å². The summed E-state index contributed by atoms with van der Waals surface area (Å²) in [6.07, 6.45) is 2.58. The summed E-state index contributed by atoms with van der Waals surface area (Å²) < 4.78 is 5.56. The molecule has 1 heterocycles. The van der Waals surface area contributed by atoms with E-state index in [1.54, 1.807) is 0 Å². The Morgan fingerprint density at radius 3 is 2.74 bits per heavy atom. The number of carbonyl (C=O) groups excluding carboxylic acids is 2. The first kappa shape index (κ1) is 17.6. The van der Waals surface area contributed by atoms with Crippen molar-refractivity contribution in [3.8, 4) is 5.75 Å². The SMILES string of the molecule is CCOc1ccccc1NC(=O)C1CC1C(=O)N1CCCc2ccccc21. The number of fused-ring (bicyclic) bond motifs is 1. The molecule has 140 valence electrons. The summed E-state index contributed by atoms with van der Waals surface area (Å²) in [4.78, 5) is 27.5. The zero-order valence-corrected chi connectivity index (χ0v) is 15.5. The van der Waals surface area contributed by atoms with E-state index < -0.39 is 0 Å². The molecule has 0 aromatic heterocycles. The standard InChI is InChI=1S/C22H24N2O3/c1-2-27-20-12-6-4-10-18(20)23-21(25)16-14-17(16)22(26)24-13-7-9-15-8-3-5-11-19(15)24/h3-6,8,10-12,16-17H,2,7,9,13-14H2,1H3,(H,23,25). The van der Waals surface area contributed by atoms with Gasteiger partial charge in [-0.15, -0.1) is 0 Å². The van der Waals surface area contributed by atoms with Crippen molar-refractivity contribution >= 4 is 23.2 Å². The number of hydrogen-bond acceptors (Lipinski definition) is 3. The average molecular weight is 364 g/mol. The maximum Gasteiger partial charge on any atom is 0.230 e. The van der Waals surface area contributed by atoms with Gasteiger partial charge in [-0.2, -0.15) is 0 Å². The van der Waals surface area contributed by atoms with Crippen LogP contribution in [-0.2, 0) is 16.0 Å². The number of ether oxygens (including phenoxy) is 1. The van der Waals surface area contributed by atoms with Crippen molar-refractivity contribution in [2.75, 3.05) is 23.4 Å². The smallest absolute Gasteiger partial charge is 0.230 e. The lowest BCUT2D eigenvalue weighted by Gasteiger charge is -2.29. The highest BCUT2D eigenvalue weighted by Gasteiger charge is 2.50. The van der Waals surface area contributed by atoms with Crippen molar-refractivity contribution in [1.29, 1.82) is 0 Å². The minimum atomic E-state index is -0.263. The van der Waals surface area contributed by atoms with E-state index in [1.165, 1.54) is 5.56 Å². The van der Waals surface area contributed by atoms with Crippen LogP contribution in [0.25, 0.3) is 0 Å². The van der Waals surface area contributed by atoms with E-state index >= 15 is 0 Å². The predicted octanol–water partition coefficient (Wildman–Crippen LogP) is 3.64. The van der Waals surface area contributed by atoms with Gasteiger partial charge in [-0.3, -0.25) is 9.59 Å². The highest BCUT2D eigenvalue weighted by molar-refractivity contribution is 6.05. The molecule has 2 amide bonds. The van der Waals surface area contributed by atoms with Gasteiger partial charge in [0.15, 0.2) is 0 Å². The molecule has 2 atom stereocenters. The lowest BCUT2D eigenvalue weighted by atomic mass is 10.0. The lowest BCUT2D eigenvalue weighted by Crippen LogP contribution is -2.37. The largest absolute Gasteiger partial charge is 0.492 e. The minimum Gasteiger partial charge on any atom is -0.492 e. The third kappa shape index (κ3) is 3.54. The Morgan fingerprint density at radius 2 is 1.89 bits per heavy atom. The number of carbonyl (C=O) groups is 2. The quantitative estimate of drug-likeness (QED) is 0.881. The fraction of sp³-hybridized carbons (Fsp3) is 0.364. The van der Waals surface area contributed by atoms with E-state index in [4.69, 9.17) is 4.74 Å². The van der Waals surface area contributed by atoms with Crippen LogP contribution in [0.3, 0.4) is 0 Å². The maximum absolute atomic E-state index is 13.0. The zero-order chi connectivity index (χ0) is 18.8. The van der Waals surface area contributed by atoms with Gasteiger partial charge < -0.3 is 15.0 Å². The minimum absolute atomic E-state index is 0.0698. The molecule has 2 aromatic carbocycles. The fourth-order valence-corrected chi connectivity index (χ4v) is 3.80. The number of nitrogens with one attached hydrogen (secondary N) is 1. The molecule has 1 saturated carbocycles. The summed E-state index contributed by atoms with van der Waals surface area (Å²) in [6, 6.07) is 15.4. The topological polar surface area (TPSA) is 58.6 Å². The third-order valence-corrected chi connectivity index (χ3v) is 5.27. The monoisotopic (exact) mass is 364 g/mol. The fourth-order valence-electron chi connectivity index (χ4n) is 3.80. The molecular formula is C22H24N2O3.